The first kappa shape index (κ1) is 18.9. The Balaban J connectivity index is 1.84. The van der Waals surface area contributed by atoms with Gasteiger partial charge >= 0.3 is 0 Å². The van der Waals surface area contributed by atoms with Crippen molar-refractivity contribution in [2.75, 3.05) is 12.8 Å². The minimum Gasteiger partial charge on any atom is -0.496 e. The van der Waals surface area contributed by atoms with Gasteiger partial charge in [-0.05, 0) is 62.1 Å². The quantitative estimate of drug-likeness (QED) is 0.686. The van der Waals surface area contributed by atoms with Crippen molar-refractivity contribution in [1.82, 2.24) is 9.97 Å². The molecule has 0 saturated heterocycles. The van der Waals surface area contributed by atoms with Crippen LogP contribution in [0.3, 0.4) is 0 Å². The van der Waals surface area contributed by atoms with Crippen molar-refractivity contribution in [2.24, 2.45) is 0 Å². The highest BCUT2D eigenvalue weighted by Gasteiger charge is 2.31. The van der Waals surface area contributed by atoms with Gasteiger partial charge in [-0.2, -0.15) is 0 Å². The zero-order chi connectivity index (χ0) is 19.8. The number of benzene rings is 2. The van der Waals surface area contributed by atoms with Gasteiger partial charge in [-0.3, -0.25) is 4.79 Å². The number of aryl methyl sites for hydroxylation is 2. The lowest BCUT2D eigenvalue weighted by atomic mass is 9.76. The van der Waals surface area contributed by atoms with Gasteiger partial charge < -0.3 is 15.5 Å². The van der Waals surface area contributed by atoms with Crippen LogP contribution in [-0.2, 0) is 16.6 Å². The van der Waals surface area contributed by atoms with Crippen LogP contribution in [0.15, 0.2) is 30.3 Å². The van der Waals surface area contributed by atoms with Crippen molar-refractivity contribution < 1.29 is 13.9 Å². The summed E-state index contributed by atoms with van der Waals surface area (Å²) in [5, 5.41) is 0. The van der Waals surface area contributed by atoms with Crippen LogP contribution >= 0.6 is 0 Å². The molecule has 0 saturated carbocycles. The van der Waals surface area contributed by atoms with E-state index < -0.39 is 5.41 Å². The zero-order valence-electron chi connectivity index (χ0n) is 16.0. The molecule has 2 aromatic carbocycles. The number of anilines is 1. The van der Waals surface area contributed by atoms with E-state index in [1.54, 1.807) is 6.07 Å². The van der Waals surface area contributed by atoms with Crippen LogP contribution in [0.5, 0.6) is 5.75 Å². The predicted octanol–water partition coefficient (Wildman–Crippen LogP) is 4.08. The second-order valence-corrected chi connectivity index (χ2v) is 7.31. The van der Waals surface area contributed by atoms with E-state index in [9.17, 15) is 9.18 Å². The molecule has 0 aliphatic heterocycles. The number of hydrogen-bond acceptors (Lipinski definition) is 4. The van der Waals surface area contributed by atoms with E-state index in [4.69, 9.17) is 10.5 Å². The fourth-order valence-corrected chi connectivity index (χ4v) is 3.49. The average molecular weight is 369 g/mol. The van der Waals surface area contributed by atoms with Crippen LogP contribution in [0, 0.1) is 12.7 Å². The molecular weight excluding hydrogens is 345 g/mol. The molecule has 6 heteroatoms. The van der Waals surface area contributed by atoms with E-state index in [1.165, 1.54) is 19.2 Å². The molecule has 3 rings (SSSR count). The van der Waals surface area contributed by atoms with E-state index in [-0.39, 0.29) is 11.6 Å². The van der Waals surface area contributed by atoms with Crippen molar-refractivity contribution in [2.45, 2.75) is 39.0 Å². The number of nitrogens with two attached hydrogens (primary N) is 1. The van der Waals surface area contributed by atoms with Crippen LogP contribution in [0.4, 0.5) is 10.3 Å². The Morgan fingerprint density at radius 3 is 2.74 bits per heavy atom. The molecule has 0 bridgehead atoms. The molecule has 0 unspecified atom stereocenters. The summed E-state index contributed by atoms with van der Waals surface area (Å²) in [5.74, 6) is 0.559. The summed E-state index contributed by atoms with van der Waals surface area (Å²) in [6, 6.07) is 8.27. The third-order valence-electron chi connectivity index (χ3n) is 5.09. The summed E-state index contributed by atoms with van der Waals surface area (Å²) in [6.45, 7) is 5.81. The maximum absolute atomic E-state index is 13.4. The van der Waals surface area contributed by atoms with Crippen LogP contribution in [0.1, 0.15) is 37.0 Å². The van der Waals surface area contributed by atoms with E-state index >= 15 is 0 Å². The molecule has 0 fully saturated rings. The first-order valence-corrected chi connectivity index (χ1v) is 8.84. The number of aromatic amines is 1. The number of ether oxygens (including phenoxy) is 1. The average Bonchev–Trinajstić information content (AvgIpc) is 2.98. The summed E-state index contributed by atoms with van der Waals surface area (Å²) < 4.78 is 18.6. The molecule has 3 N–H and O–H groups in total. The van der Waals surface area contributed by atoms with Crippen LogP contribution < -0.4 is 10.5 Å². The van der Waals surface area contributed by atoms with Gasteiger partial charge in [0.1, 0.15) is 17.3 Å². The van der Waals surface area contributed by atoms with Crippen LogP contribution in [0.2, 0.25) is 0 Å². The third kappa shape index (κ3) is 3.65. The monoisotopic (exact) mass is 369 g/mol. The zero-order valence-corrected chi connectivity index (χ0v) is 16.0. The molecule has 27 heavy (non-hydrogen) atoms. The molecule has 1 aromatic heterocycles. The number of carbonyl (C=O) groups is 1. The second-order valence-electron chi connectivity index (χ2n) is 7.31. The fourth-order valence-electron chi connectivity index (χ4n) is 3.49. The number of hydrogen-bond donors (Lipinski definition) is 2. The summed E-state index contributed by atoms with van der Waals surface area (Å²) in [7, 11) is 1.50. The van der Waals surface area contributed by atoms with Gasteiger partial charge in [0.05, 0.1) is 18.1 Å². The van der Waals surface area contributed by atoms with Crippen LogP contribution in [0.25, 0.3) is 11.0 Å². The lowest BCUT2D eigenvalue weighted by Gasteiger charge is -2.26. The second kappa shape index (κ2) is 7.02. The van der Waals surface area contributed by atoms with Gasteiger partial charge in [-0.1, -0.05) is 6.07 Å². The minimum absolute atomic E-state index is 0.0971. The van der Waals surface area contributed by atoms with Crippen molar-refractivity contribution in [3.8, 4) is 5.75 Å². The number of nitrogens with one attached hydrogen (secondary N) is 1. The molecule has 3 aromatic rings. The number of H-pyrrole nitrogens is 1. The Bertz CT molecular complexity index is 1010. The Hall–Kier alpha value is -2.89. The number of methoxy groups -OCH3 is 1. The molecule has 0 aliphatic rings. The number of fused-ring (bicyclic) bond motifs is 1. The van der Waals surface area contributed by atoms with Gasteiger partial charge in [0.25, 0.3) is 0 Å². The Labute approximate surface area is 157 Å². The van der Waals surface area contributed by atoms with Gasteiger partial charge in [-0.25, -0.2) is 9.37 Å². The van der Waals surface area contributed by atoms with Crippen LogP contribution in [-0.4, -0.2) is 22.9 Å². The molecular formula is C21H24FN3O2. The Morgan fingerprint density at radius 2 is 2.04 bits per heavy atom. The number of aromatic nitrogens is 2. The predicted molar refractivity (Wildman–Crippen MR) is 105 cm³/mol. The Morgan fingerprint density at radius 1 is 1.30 bits per heavy atom. The summed E-state index contributed by atoms with van der Waals surface area (Å²) in [5.41, 5.74) is 9.40. The number of halogens is 1. The normalized spacial score (nSPS) is 11.7. The molecule has 0 spiro atoms. The smallest absolute Gasteiger partial charge is 0.198 e. The van der Waals surface area contributed by atoms with E-state index in [1.807, 2.05) is 32.9 Å². The van der Waals surface area contributed by atoms with E-state index in [0.717, 1.165) is 27.7 Å². The number of ketones is 1. The van der Waals surface area contributed by atoms with E-state index in [0.29, 0.717) is 24.5 Å². The van der Waals surface area contributed by atoms with E-state index in [2.05, 4.69) is 9.97 Å². The largest absolute Gasteiger partial charge is 0.496 e. The number of carbonyl (C=O) groups excluding carboxylic acids is 1. The standard InChI is InChI=1S/C21H24FN3O2/c1-12-9-16-17(25-20(23)24-16)11-15(12)21(2,3)19(26)8-6-13-5-7-14(22)10-18(13)27-4/h5,7,9-11H,6,8H2,1-4H3,(H3,23,24,25). The summed E-state index contributed by atoms with van der Waals surface area (Å²) >= 11 is 0. The number of nitrogens with zero attached hydrogens (tertiary/aromatic N) is 1. The number of Topliss-reactive ketones (excluding diaryl/α,β-unsaturated/α-hetero) is 1. The molecule has 0 amide bonds. The number of rotatable bonds is 6. The first-order chi connectivity index (χ1) is 12.7. The number of nitrogen functional groups attached to an aromatic ring is 1. The van der Waals surface area contributed by atoms with Gasteiger partial charge in [0, 0.05) is 17.9 Å². The first-order valence-electron chi connectivity index (χ1n) is 8.84. The van der Waals surface area contributed by atoms with Crippen molar-refractivity contribution in [3.63, 3.8) is 0 Å². The molecule has 0 atom stereocenters. The maximum Gasteiger partial charge on any atom is 0.198 e. The third-order valence-corrected chi connectivity index (χ3v) is 5.09. The SMILES string of the molecule is COc1cc(F)ccc1CCC(=O)C(C)(C)c1cc2nc(N)[nH]c2cc1C. The highest BCUT2D eigenvalue weighted by atomic mass is 19.1. The van der Waals surface area contributed by atoms with Crippen molar-refractivity contribution in [3.05, 3.63) is 52.8 Å². The summed E-state index contributed by atoms with van der Waals surface area (Å²) in [4.78, 5) is 20.3. The van der Waals surface area contributed by atoms with Crippen molar-refractivity contribution >= 4 is 22.8 Å². The highest BCUT2D eigenvalue weighted by molar-refractivity contribution is 5.91. The fraction of sp³-hybridized carbons (Fsp3) is 0.333. The molecule has 142 valence electrons. The Kier molecular flexibility index (Phi) is 4.91. The van der Waals surface area contributed by atoms with Crippen molar-refractivity contribution in [1.29, 1.82) is 0 Å². The minimum atomic E-state index is -0.681. The van der Waals surface area contributed by atoms with Gasteiger partial charge in [0.2, 0.25) is 0 Å². The molecule has 5 nitrogen and oxygen atoms in total. The topological polar surface area (TPSA) is 81.0 Å². The van der Waals surface area contributed by atoms with Gasteiger partial charge in [-0.15, -0.1) is 0 Å². The molecule has 0 radical (unpaired) electrons. The molecule has 1 heterocycles. The summed E-state index contributed by atoms with van der Waals surface area (Å²) in [6.07, 6.45) is 0.817. The highest BCUT2D eigenvalue weighted by Crippen LogP contribution is 2.32. The lowest BCUT2D eigenvalue weighted by molar-refractivity contribution is -0.123. The maximum atomic E-state index is 13.4. The molecule has 0 aliphatic carbocycles. The lowest BCUT2D eigenvalue weighted by Crippen LogP contribution is -2.30. The number of imidazole rings is 1. The van der Waals surface area contributed by atoms with Gasteiger partial charge in [0.15, 0.2) is 5.95 Å².